The first kappa shape index (κ1) is 9.53. The predicted octanol–water partition coefficient (Wildman–Crippen LogP) is 2.71. The molecule has 0 unspecified atom stereocenters. The molecule has 0 radical (unpaired) electrons. The van der Waals surface area contributed by atoms with E-state index in [-0.39, 0.29) is 11.7 Å². The molecule has 2 heteroatoms. The largest absolute Gasteiger partial charge is 0.293 e. The lowest BCUT2D eigenvalue weighted by Crippen LogP contribution is -2.29. The van der Waals surface area contributed by atoms with Crippen LogP contribution in [-0.2, 0) is 4.79 Å². The summed E-state index contributed by atoms with van der Waals surface area (Å²) < 4.78 is 0. The first-order valence-electron chi connectivity index (χ1n) is 4.04. The summed E-state index contributed by atoms with van der Waals surface area (Å²) in [5, 5.41) is -0.396. The van der Waals surface area contributed by atoms with Gasteiger partial charge in [-0.25, -0.2) is 0 Å². The summed E-state index contributed by atoms with van der Waals surface area (Å²) in [7, 11) is 0. The maximum absolute atomic E-state index is 11.4. The third-order valence-electron chi connectivity index (χ3n) is 2.30. The zero-order valence-corrected chi connectivity index (χ0v) is 8.19. The smallest absolute Gasteiger partial charge is 0.176 e. The van der Waals surface area contributed by atoms with Gasteiger partial charge in [0.05, 0.1) is 0 Å². The highest BCUT2D eigenvalue weighted by Gasteiger charge is 2.30. The molecule has 1 aliphatic rings. The van der Waals surface area contributed by atoms with E-state index in [1.165, 1.54) is 0 Å². The van der Waals surface area contributed by atoms with Gasteiger partial charge in [-0.3, -0.25) is 4.79 Å². The molecule has 0 N–H and O–H groups in total. The zero-order chi connectivity index (χ0) is 9.30. The Morgan fingerprint density at radius 2 is 2.33 bits per heavy atom. The lowest BCUT2D eigenvalue weighted by atomic mass is 9.85. The lowest BCUT2D eigenvalue weighted by Gasteiger charge is -2.24. The Labute approximate surface area is 78.1 Å². The maximum atomic E-state index is 11.4. The van der Waals surface area contributed by atoms with Crippen LogP contribution in [0.4, 0.5) is 0 Å². The van der Waals surface area contributed by atoms with E-state index in [0.29, 0.717) is 0 Å². The van der Waals surface area contributed by atoms with Crippen molar-refractivity contribution in [2.75, 3.05) is 0 Å². The number of allylic oxidation sites excluding steroid dienone is 3. The molecule has 0 fully saturated rings. The molecule has 66 valence electrons. The molecule has 0 saturated heterocycles. The van der Waals surface area contributed by atoms with E-state index >= 15 is 0 Å². The minimum Gasteiger partial charge on any atom is -0.293 e. The van der Waals surface area contributed by atoms with Crippen LogP contribution in [-0.4, -0.2) is 11.2 Å². The van der Waals surface area contributed by atoms with Crippen LogP contribution in [0.25, 0.3) is 0 Å². The Morgan fingerprint density at radius 1 is 1.75 bits per heavy atom. The van der Waals surface area contributed by atoms with E-state index in [4.69, 9.17) is 11.6 Å². The second-order valence-corrected chi connectivity index (χ2v) is 3.81. The molecule has 1 aliphatic carbocycles. The van der Waals surface area contributed by atoms with Gasteiger partial charge in [-0.1, -0.05) is 18.2 Å². The van der Waals surface area contributed by atoms with Crippen LogP contribution in [0.5, 0.6) is 0 Å². The molecule has 0 aromatic rings. The van der Waals surface area contributed by atoms with Crippen molar-refractivity contribution in [3.05, 3.63) is 23.8 Å². The Balaban J connectivity index is 2.87. The van der Waals surface area contributed by atoms with Crippen molar-refractivity contribution in [2.24, 2.45) is 5.92 Å². The van der Waals surface area contributed by atoms with Gasteiger partial charge in [0.2, 0.25) is 0 Å². The molecule has 2 atom stereocenters. The van der Waals surface area contributed by atoms with E-state index in [1.807, 2.05) is 19.9 Å². The summed E-state index contributed by atoms with van der Waals surface area (Å²) in [5.74, 6) is 0.179. The van der Waals surface area contributed by atoms with Crippen LogP contribution in [0.2, 0.25) is 0 Å². The molecule has 0 heterocycles. The molecule has 0 bridgehead atoms. The summed E-state index contributed by atoms with van der Waals surface area (Å²) in [5.41, 5.74) is 1.78. The summed E-state index contributed by atoms with van der Waals surface area (Å²) in [6.07, 6.45) is 2.79. The van der Waals surface area contributed by atoms with Crippen LogP contribution >= 0.6 is 11.6 Å². The third kappa shape index (κ3) is 1.61. The van der Waals surface area contributed by atoms with Crippen molar-refractivity contribution in [3.8, 4) is 0 Å². The highest BCUT2D eigenvalue weighted by atomic mass is 35.5. The minimum atomic E-state index is -0.396. The molecule has 1 rings (SSSR count). The highest BCUT2D eigenvalue weighted by Crippen LogP contribution is 2.29. The Hall–Kier alpha value is -0.560. The summed E-state index contributed by atoms with van der Waals surface area (Å²) in [6.45, 7) is 7.55. The lowest BCUT2D eigenvalue weighted by molar-refractivity contribution is -0.116. The Bertz CT molecular complexity index is 253. The first-order valence-corrected chi connectivity index (χ1v) is 4.48. The third-order valence-corrected chi connectivity index (χ3v) is 2.81. The standard InChI is InChI=1S/C10H13ClO/c1-6(2)8-5-4-7(3)10(12)9(8)11/h4,8-9H,1,5H2,2-3H3/t8-,9+/m1/s1. The number of halogens is 1. The van der Waals surface area contributed by atoms with Crippen molar-refractivity contribution >= 4 is 17.4 Å². The van der Waals surface area contributed by atoms with Crippen LogP contribution < -0.4 is 0 Å². The summed E-state index contributed by atoms with van der Waals surface area (Å²) in [6, 6.07) is 0. The normalized spacial score (nSPS) is 29.9. The monoisotopic (exact) mass is 184 g/mol. The predicted molar refractivity (Wildman–Crippen MR) is 51.3 cm³/mol. The van der Waals surface area contributed by atoms with Gasteiger partial charge in [0.25, 0.3) is 0 Å². The van der Waals surface area contributed by atoms with Gasteiger partial charge in [-0.15, -0.1) is 11.6 Å². The number of hydrogen-bond donors (Lipinski definition) is 0. The molecule has 0 aromatic carbocycles. The fraction of sp³-hybridized carbons (Fsp3) is 0.500. The van der Waals surface area contributed by atoms with E-state index in [1.54, 1.807) is 0 Å². The van der Waals surface area contributed by atoms with Gasteiger partial charge in [0.15, 0.2) is 5.78 Å². The van der Waals surface area contributed by atoms with Gasteiger partial charge in [-0.2, -0.15) is 0 Å². The van der Waals surface area contributed by atoms with E-state index < -0.39 is 5.38 Å². The van der Waals surface area contributed by atoms with Crippen molar-refractivity contribution < 1.29 is 4.79 Å². The number of alkyl halides is 1. The summed E-state index contributed by atoms with van der Waals surface area (Å²) in [4.78, 5) is 11.4. The van der Waals surface area contributed by atoms with Crippen molar-refractivity contribution in [2.45, 2.75) is 25.6 Å². The van der Waals surface area contributed by atoms with Crippen LogP contribution in [0.3, 0.4) is 0 Å². The van der Waals surface area contributed by atoms with Gasteiger partial charge in [0.1, 0.15) is 5.38 Å². The number of hydrogen-bond acceptors (Lipinski definition) is 1. The second-order valence-electron chi connectivity index (χ2n) is 3.34. The van der Waals surface area contributed by atoms with Gasteiger partial charge in [-0.05, 0) is 25.8 Å². The zero-order valence-electron chi connectivity index (χ0n) is 7.43. The summed E-state index contributed by atoms with van der Waals surface area (Å²) >= 11 is 5.97. The van der Waals surface area contributed by atoms with Crippen molar-refractivity contribution in [1.82, 2.24) is 0 Å². The van der Waals surface area contributed by atoms with Crippen molar-refractivity contribution in [3.63, 3.8) is 0 Å². The molecule has 12 heavy (non-hydrogen) atoms. The molecular weight excluding hydrogens is 172 g/mol. The Morgan fingerprint density at radius 3 is 2.83 bits per heavy atom. The van der Waals surface area contributed by atoms with E-state index in [2.05, 4.69) is 6.58 Å². The topological polar surface area (TPSA) is 17.1 Å². The average Bonchev–Trinajstić information content (AvgIpc) is 2.00. The minimum absolute atomic E-state index is 0.0518. The first-order chi connectivity index (χ1) is 5.54. The number of rotatable bonds is 1. The van der Waals surface area contributed by atoms with Crippen LogP contribution in [0, 0.1) is 5.92 Å². The Kier molecular flexibility index (Phi) is 2.73. The maximum Gasteiger partial charge on any atom is 0.176 e. The fourth-order valence-electron chi connectivity index (χ4n) is 1.38. The molecule has 0 amide bonds. The number of Topliss-reactive ketones (excluding diaryl/α,β-unsaturated/α-hetero) is 1. The molecule has 0 aromatic heterocycles. The van der Waals surface area contributed by atoms with Gasteiger partial charge >= 0.3 is 0 Å². The van der Waals surface area contributed by atoms with E-state index in [0.717, 1.165) is 17.6 Å². The number of carbonyl (C=O) groups is 1. The average molecular weight is 185 g/mol. The number of carbonyl (C=O) groups excluding carboxylic acids is 1. The van der Waals surface area contributed by atoms with Crippen LogP contribution in [0.1, 0.15) is 20.3 Å². The van der Waals surface area contributed by atoms with Crippen molar-refractivity contribution in [1.29, 1.82) is 0 Å². The van der Waals surface area contributed by atoms with E-state index in [9.17, 15) is 4.79 Å². The molecule has 0 aliphatic heterocycles. The molecule has 1 nitrogen and oxygen atoms in total. The molecule has 0 spiro atoms. The second kappa shape index (κ2) is 3.44. The SMILES string of the molecule is C=C(C)[C@H]1CC=C(C)C(=O)[C@H]1Cl. The van der Waals surface area contributed by atoms with Gasteiger partial charge in [0, 0.05) is 5.92 Å². The number of ketones is 1. The highest BCUT2D eigenvalue weighted by molar-refractivity contribution is 6.34. The quantitative estimate of drug-likeness (QED) is 0.453. The fourth-order valence-corrected chi connectivity index (χ4v) is 1.87. The molecular formula is C10H13ClO. The van der Waals surface area contributed by atoms with Gasteiger partial charge < -0.3 is 0 Å². The van der Waals surface area contributed by atoms with Crippen LogP contribution in [0.15, 0.2) is 23.8 Å². The molecule has 0 saturated carbocycles.